The van der Waals surface area contributed by atoms with Crippen LogP contribution in [0.5, 0.6) is 0 Å². The Labute approximate surface area is 120 Å². The standard InChI is InChI=1S/C14H27N3O3/c1-10(11(18)19)16-6-8-17(9-7-16)12(20)13(2,3)14(4,5)15/h10H,6-9,15H2,1-5H3,(H,18,19). The summed E-state index contributed by atoms with van der Waals surface area (Å²) < 4.78 is 0. The number of carbonyl (C=O) groups excluding carboxylic acids is 1. The van der Waals surface area contributed by atoms with Gasteiger partial charge in [-0.3, -0.25) is 14.5 Å². The molecule has 6 nitrogen and oxygen atoms in total. The van der Waals surface area contributed by atoms with Crippen molar-refractivity contribution in [3.8, 4) is 0 Å². The van der Waals surface area contributed by atoms with Gasteiger partial charge in [-0.25, -0.2) is 0 Å². The molecule has 1 rings (SSSR count). The number of carboxylic acid groups (broad SMARTS) is 1. The van der Waals surface area contributed by atoms with Gasteiger partial charge in [-0.1, -0.05) is 0 Å². The second kappa shape index (κ2) is 5.69. The van der Waals surface area contributed by atoms with E-state index in [0.29, 0.717) is 26.2 Å². The Morgan fingerprint density at radius 2 is 1.55 bits per heavy atom. The minimum absolute atomic E-state index is 0.0348. The summed E-state index contributed by atoms with van der Waals surface area (Å²) >= 11 is 0. The molecule has 0 aromatic rings. The third kappa shape index (κ3) is 3.30. The number of carboxylic acids is 1. The molecule has 1 aliphatic heterocycles. The Bertz CT molecular complexity index is 380. The fraction of sp³-hybridized carbons (Fsp3) is 0.857. The van der Waals surface area contributed by atoms with Crippen molar-refractivity contribution in [2.24, 2.45) is 11.1 Å². The van der Waals surface area contributed by atoms with Crippen LogP contribution in [0.15, 0.2) is 0 Å². The first-order chi connectivity index (χ1) is 8.98. The van der Waals surface area contributed by atoms with Crippen LogP contribution in [-0.2, 0) is 9.59 Å². The fourth-order valence-corrected chi connectivity index (χ4v) is 2.14. The topological polar surface area (TPSA) is 86.9 Å². The minimum Gasteiger partial charge on any atom is -0.480 e. The molecule has 1 unspecified atom stereocenters. The van der Waals surface area contributed by atoms with Crippen molar-refractivity contribution >= 4 is 11.9 Å². The molecule has 0 aromatic carbocycles. The first kappa shape index (κ1) is 16.9. The van der Waals surface area contributed by atoms with Crippen LogP contribution in [0.2, 0.25) is 0 Å². The summed E-state index contributed by atoms with van der Waals surface area (Å²) in [7, 11) is 0. The third-order valence-corrected chi connectivity index (χ3v) is 4.65. The number of aliphatic carboxylic acids is 1. The third-order valence-electron chi connectivity index (χ3n) is 4.65. The zero-order valence-corrected chi connectivity index (χ0v) is 13.1. The second-order valence-electron chi connectivity index (χ2n) is 6.69. The Morgan fingerprint density at radius 3 is 1.90 bits per heavy atom. The van der Waals surface area contributed by atoms with Gasteiger partial charge < -0.3 is 15.7 Å². The zero-order valence-electron chi connectivity index (χ0n) is 13.1. The van der Waals surface area contributed by atoms with Gasteiger partial charge in [-0.2, -0.15) is 0 Å². The molecular weight excluding hydrogens is 258 g/mol. The summed E-state index contributed by atoms with van der Waals surface area (Å²) in [6.45, 7) is 11.4. The molecular formula is C14H27N3O3. The molecule has 1 atom stereocenters. The highest BCUT2D eigenvalue weighted by atomic mass is 16.4. The quantitative estimate of drug-likeness (QED) is 0.779. The number of carbonyl (C=O) groups is 2. The van der Waals surface area contributed by atoms with Gasteiger partial charge in [0.25, 0.3) is 0 Å². The van der Waals surface area contributed by atoms with Crippen LogP contribution in [0.25, 0.3) is 0 Å². The molecule has 0 aromatic heterocycles. The second-order valence-corrected chi connectivity index (χ2v) is 6.69. The Balaban J connectivity index is 2.66. The lowest BCUT2D eigenvalue weighted by Crippen LogP contribution is -2.60. The van der Waals surface area contributed by atoms with E-state index in [-0.39, 0.29) is 5.91 Å². The molecule has 1 amide bonds. The van der Waals surface area contributed by atoms with Crippen LogP contribution in [0.1, 0.15) is 34.6 Å². The number of hydrogen-bond acceptors (Lipinski definition) is 4. The van der Waals surface area contributed by atoms with Crippen LogP contribution in [0, 0.1) is 5.41 Å². The number of rotatable bonds is 4. The van der Waals surface area contributed by atoms with Crippen molar-refractivity contribution < 1.29 is 14.7 Å². The van der Waals surface area contributed by atoms with Gasteiger partial charge in [-0.05, 0) is 34.6 Å². The summed E-state index contributed by atoms with van der Waals surface area (Å²) in [5.41, 5.74) is 4.85. The van der Waals surface area contributed by atoms with E-state index < -0.39 is 23.0 Å². The van der Waals surface area contributed by atoms with Crippen molar-refractivity contribution in [2.75, 3.05) is 26.2 Å². The lowest BCUT2D eigenvalue weighted by molar-refractivity contribution is -0.148. The normalized spacial score (nSPS) is 19.8. The maximum Gasteiger partial charge on any atom is 0.320 e. The molecule has 0 radical (unpaired) electrons. The highest BCUT2D eigenvalue weighted by Gasteiger charge is 2.43. The van der Waals surface area contributed by atoms with Crippen molar-refractivity contribution in [1.29, 1.82) is 0 Å². The van der Waals surface area contributed by atoms with Crippen molar-refractivity contribution in [3.05, 3.63) is 0 Å². The van der Waals surface area contributed by atoms with E-state index >= 15 is 0 Å². The van der Waals surface area contributed by atoms with E-state index in [4.69, 9.17) is 10.8 Å². The average molecular weight is 285 g/mol. The van der Waals surface area contributed by atoms with Gasteiger partial charge in [0, 0.05) is 31.7 Å². The average Bonchev–Trinajstić information content (AvgIpc) is 2.35. The number of amides is 1. The lowest BCUT2D eigenvalue weighted by atomic mass is 9.74. The number of nitrogens with two attached hydrogens (primary N) is 1. The molecule has 0 saturated carbocycles. The van der Waals surface area contributed by atoms with Gasteiger partial charge in [0.05, 0.1) is 5.41 Å². The Morgan fingerprint density at radius 1 is 1.10 bits per heavy atom. The van der Waals surface area contributed by atoms with E-state index in [1.165, 1.54) is 0 Å². The number of nitrogens with zero attached hydrogens (tertiary/aromatic N) is 2. The summed E-state index contributed by atoms with van der Waals surface area (Å²) in [4.78, 5) is 27.2. The van der Waals surface area contributed by atoms with Gasteiger partial charge in [0.1, 0.15) is 6.04 Å². The van der Waals surface area contributed by atoms with Gasteiger partial charge >= 0.3 is 5.97 Å². The summed E-state index contributed by atoms with van der Waals surface area (Å²) in [5.74, 6) is -0.791. The van der Waals surface area contributed by atoms with Crippen LogP contribution in [0.3, 0.4) is 0 Å². The molecule has 1 heterocycles. The van der Waals surface area contributed by atoms with E-state index in [1.807, 2.05) is 32.6 Å². The number of hydrogen-bond donors (Lipinski definition) is 2. The first-order valence-corrected chi connectivity index (χ1v) is 7.03. The molecule has 1 aliphatic rings. The van der Waals surface area contributed by atoms with Crippen molar-refractivity contribution in [1.82, 2.24) is 9.80 Å². The van der Waals surface area contributed by atoms with Crippen LogP contribution in [-0.4, -0.2) is 64.5 Å². The molecule has 0 bridgehead atoms. The van der Waals surface area contributed by atoms with E-state index in [9.17, 15) is 9.59 Å². The predicted molar refractivity (Wildman–Crippen MR) is 77.3 cm³/mol. The van der Waals surface area contributed by atoms with E-state index in [2.05, 4.69) is 0 Å². The maximum absolute atomic E-state index is 12.6. The Kier molecular flexibility index (Phi) is 4.82. The van der Waals surface area contributed by atoms with E-state index in [1.54, 1.807) is 11.8 Å². The first-order valence-electron chi connectivity index (χ1n) is 7.03. The number of piperazine rings is 1. The van der Waals surface area contributed by atoms with Crippen molar-refractivity contribution in [2.45, 2.75) is 46.2 Å². The summed E-state index contributed by atoms with van der Waals surface area (Å²) in [6, 6.07) is -0.508. The smallest absolute Gasteiger partial charge is 0.320 e. The molecule has 1 saturated heterocycles. The van der Waals surface area contributed by atoms with Crippen LogP contribution < -0.4 is 5.73 Å². The largest absolute Gasteiger partial charge is 0.480 e. The van der Waals surface area contributed by atoms with Gasteiger partial charge in [0.2, 0.25) is 5.91 Å². The van der Waals surface area contributed by atoms with Gasteiger partial charge in [0.15, 0.2) is 0 Å². The monoisotopic (exact) mass is 285 g/mol. The molecule has 116 valence electrons. The SMILES string of the molecule is CC(C(=O)O)N1CCN(C(=O)C(C)(C)C(C)(C)N)CC1. The summed E-state index contributed by atoms with van der Waals surface area (Å²) in [5, 5.41) is 9.01. The lowest BCUT2D eigenvalue weighted by Gasteiger charge is -2.44. The Hall–Kier alpha value is -1.14. The highest BCUT2D eigenvalue weighted by molar-refractivity contribution is 5.83. The predicted octanol–water partition coefficient (Wildman–Crippen LogP) is 0.367. The molecule has 6 heteroatoms. The van der Waals surface area contributed by atoms with E-state index in [0.717, 1.165) is 0 Å². The maximum atomic E-state index is 12.6. The fourth-order valence-electron chi connectivity index (χ4n) is 2.14. The van der Waals surface area contributed by atoms with Gasteiger partial charge in [-0.15, -0.1) is 0 Å². The molecule has 1 fully saturated rings. The molecule has 3 N–H and O–H groups in total. The molecule has 20 heavy (non-hydrogen) atoms. The van der Waals surface area contributed by atoms with Crippen LogP contribution >= 0.6 is 0 Å². The van der Waals surface area contributed by atoms with Crippen molar-refractivity contribution in [3.63, 3.8) is 0 Å². The molecule has 0 aliphatic carbocycles. The summed E-state index contributed by atoms with van der Waals surface area (Å²) in [6.07, 6.45) is 0. The van der Waals surface area contributed by atoms with Crippen LogP contribution in [0.4, 0.5) is 0 Å². The minimum atomic E-state index is -0.826. The highest BCUT2D eigenvalue weighted by Crippen LogP contribution is 2.31. The molecule has 0 spiro atoms. The zero-order chi connectivity index (χ0) is 15.7.